The highest BCUT2D eigenvalue weighted by atomic mass is 16.8. The summed E-state index contributed by atoms with van der Waals surface area (Å²) >= 11 is 0. The third-order valence-electron chi connectivity index (χ3n) is 27.6. The number of anilines is 6. The number of nitrogens with zero attached hydrogens (tertiary/aromatic N) is 24. The zero-order valence-corrected chi connectivity index (χ0v) is 82.1. The molecular formula is C107H124N24O12. The summed E-state index contributed by atoms with van der Waals surface area (Å²) in [5.41, 5.74) is 14.2. The second-order valence-electron chi connectivity index (χ2n) is 37.0. The first kappa shape index (κ1) is 97.0. The number of piperazine rings is 3. The molecule has 0 saturated carbocycles. The fourth-order valence-electron chi connectivity index (χ4n) is 18.8. The Morgan fingerprint density at radius 2 is 0.566 bits per heavy atom. The number of benzene rings is 9. The van der Waals surface area contributed by atoms with E-state index in [1.54, 1.807) is 98.3 Å². The SMILES string of the molecule is CCC(C)n1ncn(-c2ccc(N3CCN(c4ccc(OCC5COC(Cn6nccn6)(c6ccc(C)cc6)O5)cc4)CC3)cc2)c1=O.CCC(C)n1ncn(-c2ccc(N3CCN(c4ccc(OCC5COC(Cn6nccn6)(c6ccccc6)O5)cc4)CC3)cc2)c1=O.CCC(C)n1ncn(-c2ccc(N3CCN(c4ccc(OCC5COC(Cn6nccn6)(c6ccccc6C)O5)cc4)CC3)cc2)c1=O. The van der Waals surface area contributed by atoms with Gasteiger partial charge in [-0.15, -0.1) is 0 Å². The molecule has 12 heterocycles. The minimum absolute atomic E-state index is 0.0716. The van der Waals surface area contributed by atoms with E-state index in [0.29, 0.717) is 59.3 Å². The van der Waals surface area contributed by atoms with Crippen molar-refractivity contribution in [2.45, 2.75) is 148 Å². The Kier molecular flexibility index (Phi) is 29.9. The minimum atomic E-state index is -0.983. The lowest BCUT2D eigenvalue weighted by atomic mass is 10.0. The molecule has 143 heavy (non-hydrogen) atoms. The standard InChI is InChI=1S/2C36H42N8O4.C35H40N8O4/c1-4-28(3)44-35(45)42(26-39-44)32-11-9-30(10-12-32)40-19-21-41(22-20-40)31-13-15-33(16-14-31)46-23-34-24-47-36(48-34,25-43-37-17-18-38-43)29-7-5-27(2)6-8-29;1-4-28(3)44-35(45)42(26-39-44)31-11-9-29(10-12-31)40-19-21-41(22-20-40)30-13-15-32(16-14-30)46-23-33-24-47-36(48-33,25-43-37-17-18-38-43)34-8-6-5-7-27(34)2;1-3-27(2)43-34(44)41(26-38-43)31-11-9-29(10-12-31)39-19-21-40(22-20-39)30-13-15-32(16-14-30)45-23-33-24-46-35(47-33,25-42-36-17-18-37-42)28-7-5-4-6-8-28/h5-18,26,28,34H,4,19-25H2,1-3H3;5-18,26,28,33H,4,19-25H2,1-3H3;4-18,26-27,33H,3,19-25H2,1-2H3. The van der Waals surface area contributed by atoms with Crippen LogP contribution >= 0.6 is 0 Å². The van der Waals surface area contributed by atoms with Crippen LogP contribution in [0.2, 0.25) is 0 Å². The summed E-state index contributed by atoms with van der Waals surface area (Å²) < 4.78 is 66.3. The summed E-state index contributed by atoms with van der Waals surface area (Å²) in [4.78, 5) is 57.5. The van der Waals surface area contributed by atoms with Crippen molar-refractivity contribution in [3.05, 3.63) is 340 Å². The van der Waals surface area contributed by atoms with Crippen LogP contribution in [-0.4, -0.2) is 225 Å². The van der Waals surface area contributed by atoms with Crippen LogP contribution in [0.5, 0.6) is 17.2 Å². The molecular weight excluding hydrogens is 1810 g/mol. The number of aryl methyl sites for hydroxylation is 2. The fourth-order valence-corrected chi connectivity index (χ4v) is 18.8. The van der Waals surface area contributed by atoms with E-state index in [-0.39, 0.29) is 53.5 Å². The van der Waals surface area contributed by atoms with Crippen LogP contribution in [0.1, 0.15) is 107 Å². The van der Waals surface area contributed by atoms with Crippen molar-refractivity contribution in [2.75, 3.05) is 148 Å². The average Bonchev–Trinajstić information content (AvgIpc) is 1.64. The van der Waals surface area contributed by atoms with Crippen molar-refractivity contribution in [2.24, 2.45) is 0 Å². The third kappa shape index (κ3) is 22.3. The van der Waals surface area contributed by atoms with E-state index in [9.17, 15) is 14.4 Å². The van der Waals surface area contributed by atoms with Crippen molar-refractivity contribution in [3.8, 4) is 34.3 Å². The zero-order chi connectivity index (χ0) is 98.4. The molecule has 0 radical (unpaired) electrons. The van der Waals surface area contributed by atoms with Gasteiger partial charge in [0.25, 0.3) is 0 Å². The molecule has 6 aliphatic rings. The van der Waals surface area contributed by atoms with Crippen LogP contribution in [0.3, 0.4) is 0 Å². The molecule has 9 atom stereocenters. The lowest BCUT2D eigenvalue weighted by molar-refractivity contribution is -0.193. The van der Waals surface area contributed by atoms with Gasteiger partial charge in [-0.1, -0.05) is 105 Å². The highest BCUT2D eigenvalue weighted by molar-refractivity contribution is 5.59. The van der Waals surface area contributed by atoms with Crippen molar-refractivity contribution in [1.82, 2.24) is 88.0 Å². The van der Waals surface area contributed by atoms with Crippen LogP contribution in [0.15, 0.2) is 295 Å². The lowest BCUT2D eigenvalue weighted by Crippen LogP contribution is -2.46. The Morgan fingerprint density at radius 3 is 0.867 bits per heavy atom. The monoisotopic (exact) mass is 1940 g/mol. The zero-order valence-electron chi connectivity index (χ0n) is 82.1. The van der Waals surface area contributed by atoms with Gasteiger partial charge in [0.2, 0.25) is 17.4 Å². The maximum absolute atomic E-state index is 12.8. The van der Waals surface area contributed by atoms with Crippen molar-refractivity contribution >= 4 is 34.1 Å². The van der Waals surface area contributed by atoms with Gasteiger partial charge in [-0.25, -0.2) is 42.1 Å². The molecule has 6 aliphatic heterocycles. The summed E-state index contributed by atoms with van der Waals surface area (Å²) in [5, 5.41) is 38.5. The first-order chi connectivity index (χ1) is 69.8. The van der Waals surface area contributed by atoms with E-state index in [0.717, 1.165) is 171 Å². The second-order valence-corrected chi connectivity index (χ2v) is 37.0. The van der Waals surface area contributed by atoms with E-state index in [2.05, 4.69) is 201 Å². The molecule has 9 unspecified atom stereocenters. The molecule has 6 aromatic heterocycles. The number of rotatable bonds is 33. The van der Waals surface area contributed by atoms with Gasteiger partial charge >= 0.3 is 17.1 Å². The number of aromatic nitrogens is 18. The van der Waals surface area contributed by atoms with E-state index in [4.69, 9.17) is 42.6 Å². The Morgan fingerprint density at radius 1 is 0.308 bits per heavy atom. The summed E-state index contributed by atoms with van der Waals surface area (Å²) in [6.45, 7) is 30.5. The normalized spacial score (nSPS) is 20.3. The summed E-state index contributed by atoms with van der Waals surface area (Å²) in [6, 6.07) is 75.6. The quantitative estimate of drug-likeness (QED) is 0.0369. The summed E-state index contributed by atoms with van der Waals surface area (Å²) in [6.07, 6.45) is 16.6. The Hall–Kier alpha value is -14.8. The van der Waals surface area contributed by atoms with Gasteiger partial charge in [0, 0.05) is 129 Å². The van der Waals surface area contributed by atoms with Crippen molar-refractivity contribution < 1.29 is 42.6 Å². The first-order valence-corrected chi connectivity index (χ1v) is 49.5. The molecule has 744 valence electrons. The molecule has 6 saturated heterocycles. The third-order valence-corrected chi connectivity index (χ3v) is 27.6. The van der Waals surface area contributed by atoms with E-state index >= 15 is 0 Å². The van der Waals surface area contributed by atoms with Crippen LogP contribution in [-0.2, 0) is 65.4 Å². The van der Waals surface area contributed by atoms with Crippen LogP contribution in [0.25, 0.3) is 17.1 Å². The van der Waals surface area contributed by atoms with Crippen molar-refractivity contribution in [3.63, 3.8) is 0 Å². The molecule has 0 amide bonds. The predicted octanol–water partition coefficient (Wildman–Crippen LogP) is 13.4. The first-order valence-electron chi connectivity index (χ1n) is 49.5. The molecule has 0 aliphatic carbocycles. The molecule has 0 spiro atoms. The summed E-state index contributed by atoms with van der Waals surface area (Å²) in [5.74, 6) is -0.571. The smallest absolute Gasteiger partial charge is 0.350 e. The summed E-state index contributed by atoms with van der Waals surface area (Å²) in [7, 11) is 0. The van der Waals surface area contributed by atoms with Gasteiger partial charge in [-0.2, -0.15) is 60.3 Å². The van der Waals surface area contributed by atoms with E-state index < -0.39 is 17.4 Å². The van der Waals surface area contributed by atoms with Gasteiger partial charge in [0.05, 0.1) is 92.2 Å². The molecule has 0 bridgehead atoms. The van der Waals surface area contributed by atoms with Gasteiger partial charge in [-0.05, 0) is 205 Å². The van der Waals surface area contributed by atoms with E-state index in [1.165, 1.54) is 22.6 Å². The number of hydrogen-bond acceptors (Lipinski definition) is 27. The Bertz CT molecular complexity index is 6750. The maximum atomic E-state index is 12.8. The molecule has 6 fully saturated rings. The minimum Gasteiger partial charge on any atom is -0.491 e. The average molecular weight is 1940 g/mol. The molecule has 36 heteroatoms. The Labute approximate surface area is 830 Å². The molecule has 15 aromatic rings. The highest BCUT2D eigenvalue weighted by Crippen LogP contribution is 2.42. The maximum Gasteiger partial charge on any atom is 0.350 e. The topological polar surface area (TPSA) is 314 Å². The van der Waals surface area contributed by atoms with Gasteiger partial charge in [0.1, 0.15) is 94.0 Å². The second kappa shape index (κ2) is 44.1. The number of ether oxygens (including phenoxy) is 9. The van der Waals surface area contributed by atoms with Gasteiger partial charge < -0.3 is 72.0 Å². The van der Waals surface area contributed by atoms with E-state index in [1.807, 2.05) is 154 Å². The van der Waals surface area contributed by atoms with Gasteiger partial charge in [-0.3, -0.25) is 0 Å². The van der Waals surface area contributed by atoms with Gasteiger partial charge in [0.15, 0.2) is 0 Å². The van der Waals surface area contributed by atoms with Crippen molar-refractivity contribution in [1.29, 1.82) is 0 Å². The van der Waals surface area contributed by atoms with Crippen LogP contribution in [0, 0.1) is 13.8 Å². The Balaban J connectivity index is 0.000000136. The fraction of sp³-hybridized carbons (Fsp3) is 0.383. The predicted molar refractivity (Wildman–Crippen MR) is 544 cm³/mol. The molecule has 0 N–H and O–H groups in total. The molecule has 9 aromatic carbocycles. The molecule has 21 rings (SSSR count). The van der Waals surface area contributed by atoms with Crippen LogP contribution < -0.4 is 60.7 Å². The van der Waals surface area contributed by atoms with Crippen LogP contribution in [0.4, 0.5) is 34.1 Å². The highest BCUT2D eigenvalue weighted by Gasteiger charge is 2.48. The number of hydrogen-bond donors (Lipinski definition) is 0. The molecule has 36 nitrogen and oxygen atoms in total. The largest absolute Gasteiger partial charge is 0.491 e. The lowest BCUT2D eigenvalue weighted by Gasteiger charge is -2.37.